The summed E-state index contributed by atoms with van der Waals surface area (Å²) in [4.78, 5) is 11.4. The van der Waals surface area contributed by atoms with Crippen LogP contribution in [-0.2, 0) is 16.1 Å². The molecule has 0 saturated heterocycles. The molecule has 3 N–H and O–H groups in total. The van der Waals surface area contributed by atoms with E-state index in [1.165, 1.54) is 0 Å². The molecule has 0 unspecified atom stereocenters. The van der Waals surface area contributed by atoms with Crippen LogP contribution in [0.15, 0.2) is 24.3 Å². The first-order valence-corrected chi connectivity index (χ1v) is 5.33. The molecule has 0 aliphatic heterocycles. The predicted molar refractivity (Wildman–Crippen MR) is 62.5 cm³/mol. The van der Waals surface area contributed by atoms with Crippen LogP contribution >= 0.6 is 0 Å². The molecule has 0 aliphatic rings. The maximum atomic E-state index is 11.4. The number of hydrogen-bond donors (Lipinski definition) is 2. The van der Waals surface area contributed by atoms with Crippen LogP contribution in [-0.4, -0.2) is 30.8 Å². The monoisotopic (exact) mass is 239 g/mol. The molecule has 0 fully saturated rings. The predicted octanol–water partition coefficient (Wildman–Crippen LogP) is 0.448. The highest BCUT2D eigenvalue weighted by Crippen LogP contribution is 2.13. The lowest BCUT2D eigenvalue weighted by Crippen LogP contribution is -2.33. The second-order valence-corrected chi connectivity index (χ2v) is 3.58. The molecule has 17 heavy (non-hydrogen) atoms. The average Bonchev–Trinajstić information content (AvgIpc) is 2.36. The highest BCUT2D eigenvalue weighted by molar-refractivity contribution is 5.75. The van der Waals surface area contributed by atoms with E-state index in [0.717, 1.165) is 5.56 Å². The number of methoxy groups -OCH3 is 1. The van der Waals surface area contributed by atoms with Gasteiger partial charge in [-0.1, -0.05) is 12.1 Å². The molecule has 0 saturated carbocycles. The van der Waals surface area contributed by atoms with Crippen molar-refractivity contribution in [3.63, 3.8) is 0 Å². The van der Waals surface area contributed by atoms with E-state index >= 15 is 0 Å². The normalized spacial score (nSPS) is 11.9. The number of benzene rings is 1. The zero-order valence-electron chi connectivity index (χ0n) is 9.76. The molecular formula is C12H17NO4. The first kappa shape index (κ1) is 13.5. The van der Waals surface area contributed by atoms with Gasteiger partial charge < -0.3 is 20.3 Å². The first-order valence-electron chi connectivity index (χ1n) is 5.33. The van der Waals surface area contributed by atoms with Gasteiger partial charge in [0.05, 0.1) is 7.11 Å². The Morgan fingerprint density at radius 3 is 2.94 bits per heavy atom. The van der Waals surface area contributed by atoms with Gasteiger partial charge >= 0.3 is 5.97 Å². The third-order valence-corrected chi connectivity index (χ3v) is 2.26. The summed E-state index contributed by atoms with van der Waals surface area (Å²) in [6, 6.07) is 6.46. The largest absolute Gasteiger partial charge is 0.497 e. The van der Waals surface area contributed by atoms with Crippen LogP contribution < -0.4 is 10.5 Å². The summed E-state index contributed by atoms with van der Waals surface area (Å²) in [6.07, 6.45) is 0.205. The Hall–Kier alpha value is -1.59. The van der Waals surface area contributed by atoms with Crippen molar-refractivity contribution in [2.24, 2.45) is 5.73 Å². The van der Waals surface area contributed by atoms with Crippen LogP contribution in [0.1, 0.15) is 12.0 Å². The van der Waals surface area contributed by atoms with Gasteiger partial charge in [0.15, 0.2) is 0 Å². The summed E-state index contributed by atoms with van der Waals surface area (Å²) in [5.41, 5.74) is 6.32. The molecular weight excluding hydrogens is 222 g/mol. The van der Waals surface area contributed by atoms with E-state index in [0.29, 0.717) is 5.75 Å². The van der Waals surface area contributed by atoms with Gasteiger partial charge in [0.25, 0.3) is 0 Å². The maximum Gasteiger partial charge on any atom is 0.323 e. The third kappa shape index (κ3) is 4.42. The van der Waals surface area contributed by atoms with Gasteiger partial charge in [0, 0.05) is 6.61 Å². The zero-order valence-corrected chi connectivity index (χ0v) is 9.76. The van der Waals surface area contributed by atoms with Crippen molar-refractivity contribution in [3.05, 3.63) is 29.8 Å². The number of carbonyl (C=O) groups is 1. The minimum atomic E-state index is -0.773. The number of esters is 1. The molecule has 0 spiro atoms. The van der Waals surface area contributed by atoms with Crippen molar-refractivity contribution < 1.29 is 19.4 Å². The van der Waals surface area contributed by atoms with Gasteiger partial charge in [-0.25, -0.2) is 0 Å². The molecule has 0 bridgehead atoms. The molecule has 0 aromatic heterocycles. The number of rotatable bonds is 6. The highest BCUT2D eigenvalue weighted by atomic mass is 16.5. The van der Waals surface area contributed by atoms with Crippen molar-refractivity contribution in [2.75, 3.05) is 13.7 Å². The van der Waals surface area contributed by atoms with Crippen molar-refractivity contribution in [1.82, 2.24) is 0 Å². The minimum Gasteiger partial charge on any atom is -0.497 e. The number of aliphatic hydroxyl groups excluding tert-OH is 1. The molecule has 1 aromatic rings. The fourth-order valence-electron chi connectivity index (χ4n) is 1.28. The molecule has 5 nitrogen and oxygen atoms in total. The number of hydrogen-bond acceptors (Lipinski definition) is 5. The SMILES string of the molecule is COc1cccc(COC(=O)[C@H](N)CCO)c1. The smallest absolute Gasteiger partial charge is 0.323 e. The van der Waals surface area contributed by atoms with Crippen LogP contribution in [0.2, 0.25) is 0 Å². The van der Waals surface area contributed by atoms with E-state index < -0.39 is 12.0 Å². The Kier molecular flexibility index (Phi) is 5.45. The second kappa shape index (κ2) is 6.88. The van der Waals surface area contributed by atoms with Gasteiger partial charge in [-0.15, -0.1) is 0 Å². The van der Waals surface area contributed by atoms with Crippen molar-refractivity contribution in [1.29, 1.82) is 0 Å². The van der Waals surface area contributed by atoms with Crippen molar-refractivity contribution in [3.8, 4) is 5.75 Å². The summed E-state index contributed by atoms with van der Waals surface area (Å²) in [5.74, 6) is 0.195. The number of ether oxygens (including phenoxy) is 2. The lowest BCUT2D eigenvalue weighted by Gasteiger charge is -2.10. The van der Waals surface area contributed by atoms with Gasteiger partial charge in [-0.3, -0.25) is 4.79 Å². The zero-order chi connectivity index (χ0) is 12.7. The Bertz CT molecular complexity index is 367. The second-order valence-electron chi connectivity index (χ2n) is 3.58. The summed E-state index contributed by atoms with van der Waals surface area (Å²) in [5, 5.41) is 8.63. The van der Waals surface area contributed by atoms with E-state index in [-0.39, 0.29) is 19.6 Å². The standard InChI is InChI=1S/C12H17NO4/c1-16-10-4-2-3-9(7-10)8-17-12(15)11(13)5-6-14/h2-4,7,11,14H,5-6,8,13H2,1H3/t11-/m1/s1. The first-order chi connectivity index (χ1) is 8.17. The van der Waals surface area contributed by atoms with E-state index in [1.807, 2.05) is 18.2 Å². The molecule has 0 aliphatic carbocycles. The fraction of sp³-hybridized carbons (Fsp3) is 0.417. The maximum absolute atomic E-state index is 11.4. The quantitative estimate of drug-likeness (QED) is 0.704. The summed E-state index contributed by atoms with van der Waals surface area (Å²) < 4.78 is 10.1. The molecule has 0 amide bonds. The Morgan fingerprint density at radius 2 is 2.29 bits per heavy atom. The summed E-state index contributed by atoms with van der Waals surface area (Å²) >= 11 is 0. The van der Waals surface area contributed by atoms with E-state index in [2.05, 4.69) is 0 Å². The Morgan fingerprint density at radius 1 is 1.53 bits per heavy atom. The van der Waals surface area contributed by atoms with Crippen LogP contribution in [0.4, 0.5) is 0 Å². The topological polar surface area (TPSA) is 81.8 Å². The van der Waals surface area contributed by atoms with Gasteiger partial charge in [0.2, 0.25) is 0 Å². The minimum absolute atomic E-state index is 0.130. The molecule has 0 heterocycles. The summed E-state index contributed by atoms with van der Waals surface area (Å²) in [6.45, 7) is 0.0184. The number of nitrogens with two attached hydrogens (primary N) is 1. The van der Waals surface area contributed by atoms with Crippen molar-refractivity contribution in [2.45, 2.75) is 19.1 Å². The number of aliphatic hydroxyl groups is 1. The van der Waals surface area contributed by atoms with Gasteiger partial charge in [-0.2, -0.15) is 0 Å². The molecule has 1 rings (SSSR count). The van der Waals surface area contributed by atoms with Crippen LogP contribution in [0, 0.1) is 0 Å². The van der Waals surface area contributed by atoms with Gasteiger partial charge in [0.1, 0.15) is 18.4 Å². The van der Waals surface area contributed by atoms with E-state index in [1.54, 1.807) is 13.2 Å². The fourth-order valence-corrected chi connectivity index (χ4v) is 1.28. The highest BCUT2D eigenvalue weighted by Gasteiger charge is 2.14. The van der Waals surface area contributed by atoms with E-state index in [9.17, 15) is 4.79 Å². The Labute approximate surface area is 100 Å². The van der Waals surface area contributed by atoms with Crippen molar-refractivity contribution >= 4 is 5.97 Å². The van der Waals surface area contributed by atoms with Gasteiger partial charge in [-0.05, 0) is 24.1 Å². The third-order valence-electron chi connectivity index (χ3n) is 2.26. The average molecular weight is 239 g/mol. The summed E-state index contributed by atoms with van der Waals surface area (Å²) in [7, 11) is 1.57. The molecule has 0 radical (unpaired) electrons. The molecule has 1 aromatic carbocycles. The molecule has 94 valence electrons. The molecule has 1 atom stereocenters. The van der Waals surface area contributed by atoms with Crippen LogP contribution in [0.3, 0.4) is 0 Å². The lowest BCUT2D eigenvalue weighted by molar-refractivity contribution is -0.146. The van der Waals surface area contributed by atoms with Crippen LogP contribution in [0.25, 0.3) is 0 Å². The lowest BCUT2D eigenvalue weighted by atomic mass is 10.2. The molecule has 5 heteroatoms. The number of carbonyl (C=O) groups excluding carboxylic acids is 1. The van der Waals surface area contributed by atoms with Crippen LogP contribution in [0.5, 0.6) is 5.75 Å². The van der Waals surface area contributed by atoms with E-state index in [4.69, 9.17) is 20.3 Å². The Balaban J connectivity index is 2.46.